The van der Waals surface area contributed by atoms with Gasteiger partial charge in [-0.1, -0.05) is 64.7 Å². The predicted octanol–water partition coefficient (Wildman–Crippen LogP) is 4.31. The lowest BCUT2D eigenvalue weighted by molar-refractivity contribution is -0.155. The Morgan fingerprint density at radius 1 is 1.00 bits per heavy atom. The number of aliphatic hydroxyl groups is 1. The minimum atomic E-state index is -0.827. The molecule has 3 atom stereocenters. The van der Waals surface area contributed by atoms with Gasteiger partial charge in [0.1, 0.15) is 6.61 Å². The third kappa shape index (κ3) is 9.83. The van der Waals surface area contributed by atoms with Crippen LogP contribution in [0.3, 0.4) is 0 Å². The van der Waals surface area contributed by atoms with Crippen LogP contribution in [0, 0.1) is 11.8 Å². The van der Waals surface area contributed by atoms with Gasteiger partial charge in [0, 0.05) is 0 Å². The Morgan fingerprint density at radius 3 is 2.24 bits per heavy atom. The smallest absolute Gasteiger partial charge is 0.309 e. The fourth-order valence-corrected chi connectivity index (χ4v) is 3.52. The Hall–Kier alpha value is -1.10. The maximum Gasteiger partial charge on any atom is 0.309 e. The zero-order valence-electron chi connectivity index (χ0n) is 15.8. The normalized spacial score (nSPS) is 21.7. The lowest BCUT2D eigenvalue weighted by Gasteiger charge is -2.25. The number of carboxylic acids is 1. The summed E-state index contributed by atoms with van der Waals surface area (Å²) >= 11 is 0. The van der Waals surface area contributed by atoms with Crippen molar-refractivity contribution < 1.29 is 24.5 Å². The summed E-state index contributed by atoms with van der Waals surface area (Å²) in [4.78, 5) is 23.1. The number of unbranched alkanes of at least 4 members (excludes halogenated alkanes) is 7. The number of carbonyl (C=O) groups excluding carboxylic acids is 1. The fraction of sp³-hybridized carbons (Fsp3) is 0.900. The molecule has 0 radical (unpaired) electrons. The van der Waals surface area contributed by atoms with E-state index < -0.39 is 18.0 Å². The monoisotopic (exact) mass is 356 g/mol. The number of hydrogen-bond acceptors (Lipinski definition) is 4. The van der Waals surface area contributed by atoms with Gasteiger partial charge in [0.05, 0.1) is 17.9 Å². The molecule has 146 valence electrons. The predicted molar refractivity (Wildman–Crippen MR) is 97.3 cm³/mol. The lowest BCUT2D eigenvalue weighted by Crippen LogP contribution is -2.30. The first-order valence-electron chi connectivity index (χ1n) is 10.1. The topological polar surface area (TPSA) is 83.8 Å². The van der Waals surface area contributed by atoms with E-state index in [-0.39, 0.29) is 18.5 Å². The molecule has 1 rings (SSSR count). The van der Waals surface area contributed by atoms with E-state index in [1.807, 2.05) is 0 Å². The third-order valence-corrected chi connectivity index (χ3v) is 5.17. The standard InChI is InChI=1S/C20H36O5/c1-2-3-4-5-6-7-8-9-13-18(21)15-25-20(24)17-12-10-11-16(14-17)19(22)23/h16-18,21H,2-15H2,1H3,(H,22,23). The number of carboxylic acid groups (broad SMARTS) is 1. The molecular formula is C20H36O5. The van der Waals surface area contributed by atoms with Gasteiger partial charge in [0.2, 0.25) is 0 Å². The summed E-state index contributed by atoms with van der Waals surface area (Å²) < 4.78 is 5.21. The Balaban J connectivity index is 2.06. The van der Waals surface area contributed by atoms with Gasteiger partial charge in [0.15, 0.2) is 0 Å². The molecule has 0 spiro atoms. The van der Waals surface area contributed by atoms with E-state index >= 15 is 0 Å². The zero-order valence-corrected chi connectivity index (χ0v) is 15.8. The van der Waals surface area contributed by atoms with E-state index in [1.54, 1.807) is 0 Å². The van der Waals surface area contributed by atoms with Crippen LogP contribution in [-0.4, -0.2) is 34.9 Å². The highest BCUT2D eigenvalue weighted by Gasteiger charge is 2.32. The Bertz CT molecular complexity index is 382. The van der Waals surface area contributed by atoms with Gasteiger partial charge >= 0.3 is 11.9 Å². The van der Waals surface area contributed by atoms with Crippen molar-refractivity contribution in [2.24, 2.45) is 11.8 Å². The van der Waals surface area contributed by atoms with Gasteiger partial charge in [-0.2, -0.15) is 0 Å². The highest BCUT2D eigenvalue weighted by atomic mass is 16.5. The number of carbonyl (C=O) groups is 2. The van der Waals surface area contributed by atoms with Gasteiger partial charge in [-0.25, -0.2) is 0 Å². The molecule has 5 heteroatoms. The first-order chi connectivity index (χ1) is 12.0. The van der Waals surface area contributed by atoms with Crippen LogP contribution in [0.15, 0.2) is 0 Å². The minimum Gasteiger partial charge on any atom is -0.481 e. The lowest BCUT2D eigenvalue weighted by atomic mass is 9.81. The fourth-order valence-electron chi connectivity index (χ4n) is 3.52. The summed E-state index contributed by atoms with van der Waals surface area (Å²) in [5.41, 5.74) is 0. The van der Waals surface area contributed by atoms with Crippen LogP contribution < -0.4 is 0 Å². The van der Waals surface area contributed by atoms with Crippen LogP contribution in [0.25, 0.3) is 0 Å². The highest BCUT2D eigenvalue weighted by Crippen LogP contribution is 2.30. The summed E-state index contributed by atoms with van der Waals surface area (Å²) in [6.07, 6.45) is 12.2. The number of aliphatic hydroxyl groups excluding tert-OH is 1. The molecule has 0 bridgehead atoms. The van der Waals surface area contributed by atoms with E-state index in [0.29, 0.717) is 25.7 Å². The van der Waals surface area contributed by atoms with Crippen molar-refractivity contribution in [3.8, 4) is 0 Å². The first kappa shape index (κ1) is 21.9. The summed E-state index contributed by atoms with van der Waals surface area (Å²) in [5.74, 6) is -1.94. The van der Waals surface area contributed by atoms with Crippen molar-refractivity contribution in [1.29, 1.82) is 0 Å². The molecule has 1 aliphatic rings. The maximum atomic E-state index is 12.0. The van der Waals surface area contributed by atoms with Gasteiger partial charge in [-0.3, -0.25) is 9.59 Å². The van der Waals surface area contributed by atoms with E-state index in [0.717, 1.165) is 19.3 Å². The van der Waals surface area contributed by atoms with Crippen molar-refractivity contribution in [2.75, 3.05) is 6.61 Å². The van der Waals surface area contributed by atoms with Crippen molar-refractivity contribution >= 4 is 11.9 Å². The van der Waals surface area contributed by atoms with Crippen LogP contribution in [0.1, 0.15) is 90.4 Å². The second-order valence-electron chi connectivity index (χ2n) is 7.45. The number of aliphatic carboxylic acids is 1. The molecule has 1 aliphatic carbocycles. The molecule has 1 fully saturated rings. The number of rotatable bonds is 13. The summed E-state index contributed by atoms with van der Waals surface area (Å²) in [5, 5.41) is 19.0. The van der Waals surface area contributed by atoms with Gasteiger partial charge in [-0.15, -0.1) is 0 Å². The van der Waals surface area contributed by atoms with E-state index in [1.165, 1.54) is 38.5 Å². The van der Waals surface area contributed by atoms with Gasteiger partial charge < -0.3 is 14.9 Å². The van der Waals surface area contributed by atoms with Crippen molar-refractivity contribution in [2.45, 2.75) is 96.5 Å². The molecule has 0 aromatic carbocycles. The summed E-state index contributed by atoms with van der Waals surface area (Å²) in [7, 11) is 0. The molecule has 2 N–H and O–H groups in total. The van der Waals surface area contributed by atoms with Gasteiger partial charge in [0.25, 0.3) is 0 Å². The van der Waals surface area contributed by atoms with Crippen molar-refractivity contribution in [3.63, 3.8) is 0 Å². The quantitative estimate of drug-likeness (QED) is 0.379. The third-order valence-electron chi connectivity index (χ3n) is 5.17. The molecule has 0 aromatic heterocycles. The van der Waals surface area contributed by atoms with E-state index in [4.69, 9.17) is 9.84 Å². The zero-order chi connectivity index (χ0) is 18.5. The Morgan fingerprint density at radius 2 is 1.60 bits per heavy atom. The number of hydrogen-bond donors (Lipinski definition) is 2. The maximum absolute atomic E-state index is 12.0. The molecule has 0 aliphatic heterocycles. The molecule has 25 heavy (non-hydrogen) atoms. The second-order valence-corrected chi connectivity index (χ2v) is 7.45. The largest absolute Gasteiger partial charge is 0.481 e. The van der Waals surface area contributed by atoms with Crippen LogP contribution in [0.4, 0.5) is 0 Å². The number of esters is 1. The molecule has 0 amide bonds. The Kier molecular flexibility index (Phi) is 11.5. The second kappa shape index (κ2) is 13.2. The molecule has 0 saturated heterocycles. The van der Waals surface area contributed by atoms with Crippen molar-refractivity contribution in [3.05, 3.63) is 0 Å². The summed E-state index contributed by atoms with van der Waals surface area (Å²) in [6, 6.07) is 0. The van der Waals surface area contributed by atoms with E-state index in [9.17, 15) is 14.7 Å². The molecule has 3 unspecified atom stereocenters. The SMILES string of the molecule is CCCCCCCCCCC(O)COC(=O)C1CCCC(C(=O)O)C1. The molecule has 1 saturated carbocycles. The van der Waals surface area contributed by atoms with Crippen LogP contribution >= 0.6 is 0 Å². The molecule has 5 nitrogen and oxygen atoms in total. The van der Waals surface area contributed by atoms with Crippen molar-refractivity contribution in [1.82, 2.24) is 0 Å². The molecule has 0 aromatic rings. The number of ether oxygens (including phenoxy) is 1. The van der Waals surface area contributed by atoms with Crippen LogP contribution in [0.2, 0.25) is 0 Å². The van der Waals surface area contributed by atoms with Gasteiger partial charge in [-0.05, 0) is 25.7 Å². The molecule has 0 heterocycles. The Labute approximate surface area is 152 Å². The van der Waals surface area contributed by atoms with Crippen LogP contribution in [0.5, 0.6) is 0 Å². The molecular weight excluding hydrogens is 320 g/mol. The first-order valence-corrected chi connectivity index (χ1v) is 10.1. The van der Waals surface area contributed by atoms with E-state index in [2.05, 4.69) is 6.92 Å². The highest BCUT2D eigenvalue weighted by molar-refractivity contribution is 5.75. The summed E-state index contributed by atoms with van der Waals surface area (Å²) in [6.45, 7) is 2.25. The minimum absolute atomic E-state index is 0.0313. The van der Waals surface area contributed by atoms with Crippen LogP contribution in [-0.2, 0) is 14.3 Å². The average Bonchev–Trinajstić information content (AvgIpc) is 2.62. The average molecular weight is 357 g/mol.